The first-order valence-corrected chi connectivity index (χ1v) is 12.9. The molecule has 0 bridgehead atoms. The summed E-state index contributed by atoms with van der Waals surface area (Å²) in [5.41, 5.74) is 2.31. The zero-order chi connectivity index (χ0) is 25.7. The van der Waals surface area contributed by atoms with Crippen LogP contribution < -0.4 is 9.46 Å². The molecule has 0 amide bonds. The molecule has 1 N–H and O–H groups in total. The number of nitrogens with one attached hydrogen (secondary N) is 1. The van der Waals surface area contributed by atoms with Gasteiger partial charge in [0.05, 0.1) is 42.7 Å². The lowest BCUT2D eigenvalue weighted by Crippen LogP contribution is -2.40. The van der Waals surface area contributed by atoms with Gasteiger partial charge in [-0.1, -0.05) is 30.3 Å². The van der Waals surface area contributed by atoms with Gasteiger partial charge in [-0.3, -0.25) is 4.79 Å². The monoisotopic (exact) mass is 511 g/mol. The van der Waals surface area contributed by atoms with Crippen LogP contribution in [0, 0.1) is 5.82 Å². The van der Waals surface area contributed by atoms with E-state index < -0.39 is 28.1 Å². The fraction of sp³-hybridized carbons (Fsp3) is 0.231. The van der Waals surface area contributed by atoms with Crippen molar-refractivity contribution in [3.63, 3.8) is 0 Å². The summed E-state index contributed by atoms with van der Waals surface area (Å²) in [6.07, 6.45) is 0.787. The second-order valence-electron chi connectivity index (χ2n) is 8.25. The van der Waals surface area contributed by atoms with Gasteiger partial charge in [-0.05, 0) is 55.0 Å². The first-order valence-electron chi connectivity index (χ1n) is 11.3. The summed E-state index contributed by atoms with van der Waals surface area (Å²) in [4.78, 5) is 11.4. The Bertz CT molecular complexity index is 1440. The SMILES string of the molecule is COC(=O)CCS(=O)(=O)N[C@@H](C)[C@H](Oc1ccc2c(cnn2-c2ccc(F)cc2)c1)c1ccccc1. The number of hydrogen-bond donors (Lipinski definition) is 1. The zero-order valence-electron chi connectivity index (χ0n) is 19.8. The Kier molecular flexibility index (Phi) is 7.66. The number of benzene rings is 3. The van der Waals surface area contributed by atoms with Crippen molar-refractivity contribution in [2.75, 3.05) is 12.9 Å². The topological polar surface area (TPSA) is 99.5 Å². The molecule has 4 rings (SSSR count). The molecule has 0 saturated carbocycles. The van der Waals surface area contributed by atoms with E-state index in [4.69, 9.17) is 4.74 Å². The van der Waals surface area contributed by atoms with Crippen LogP contribution >= 0.6 is 0 Å². The van der Waals surface area contributed by atoms with Gasteiger partial charge in [0.15, 0.2) is 0 Å². The van der Waals surface area contributed by atoms with Crippen LogP contribution in [0.15, 0.2) is 79.0 Å². The molecule has 0 fully saturated rings. The molecule has 4 aromatic rings. The van der Waals surface area contributed by atoms with Crippen LogP contribution in [-0.4, -0.2) is 43.1 Å². The number of aromatic nitrogens is 2. The molecule has 0 radical (unpaired) electrons. The number of carbonyl (C=O) groups excluding carboxylic acids is 1. The Hall–Kier alpha value is -3.76. The molecule has 8 nitrogen and oxygen atoms in total. The summed E-state index contributed by atoms with van der Waals surface area (Å²) in [5.74, 6) is -0.790. The highest BCUT2D eigenvalue weighted by molar-refractivity contribution is 7.89. The standard InChI is InChI=1S/C26H26FN3O5S/c1-18(29-36(32,33)15-14-25(31)34-2)26(19-6-4-3-5-7-19)35-23-12-13-24-20(16-23)17-28-30(24)22-10-8-21(27)9-11-22/h3-13,16-18,26,29H,14-15H2,1-2H3/t18-,26-/m0/s1. The number of ether oxygens (including phenoxy) is 2. The summed E-state index contributed by atoms with van der Waals surface area (Å²) < 4.78 is 53.6. The van der Waals surface area contributed by atoms with Crippen molar-refractivity contribution in [3.8, 4) is 11.4 Å². The minimum Gasteiger partial charge on any atom is -0.484 e. The molecule has 0 saturated heterocycles. The first kappa shape index (κ1) is 25.3. The normalized spacial score (nSPS) is 13.3. The number of halogens is 1. The zero-order valence-corrected chi connectivity index (χ0v) is 20.6. The Labute approximate surface area is 208 Å². The Balaban J connectivity index is 1.58. The number of hydrogen-bond acceptors (Lipinski definition) is 6. The van der Waals surface area contributed by atoms with E-state index in [-0.39, 0.29) is 18.0 Å². The quantitative estimate of drug-likeness (QED) is 0.321. The molecule has 0 spiro atoms. The summed E-state index contributed by atoms with van der Waals surface area (Å²) in [6.45, 7) is 1.71. The fourth-order valence-electron chi connectivity index (χ4n) is 3.84. The number of carbonyl (C=O) groups is 1. The molecule has 10 heteroatoms. The molecule has 2 atom stereocenters. The van der Waals surface area contributed by atoms with Crippen LogP contribution in [0.4, 0.5) is 4.39 Å². The maximum atomic E-state index is 13.3. The average Bonchev–Trinajstić information content (AvgIpc) is 3.30. The van der Waals surface area contributed by atoms with E-state index in [0.29, 0.717) is 5.75 Å². The van der Waals surface area contributed by atoms with Gasteiger partial charge in [-0.2, -0.15) is 5.10 Å². The molecular formula is C26H26FN3O5S. The van der Waals surface area contributed by atoms with E-state index in [1.807, 2.05) is 42.5 Å². The third kappa shape index (κ3) is 6.07. The van der Waals surface area contributed by atoms with Crippen molar-refractivity contribution in [1.29, 1.82) is 0 Å². The highest BCUT2D eigenvalue weighted by Crippen LogP contribution is 2.29. The number of rotatable bonds is 10. The third-order valence-corrected chi connectivity index (χ3v) is 7.10. The van der Waals surface area contributed by atoms with Gasteiger partial charge in [-0.15, -0.1) is 0 Å². The molecule has 1 heterocycles. The van der Waals surface area contributed by atoms with Gasteiger partial charge in [0.25, 0.3) is 0 Å². The van der Waals surface area contributed by atoms with Gasteiger partial charge >= 0.3 is 5.97 Å². The fourth-order valence-corrected chi connectivity index (χ4v) is 5.09. The van der Waals surface area contributed by atoms with Crippen molar-refractivity contribution >= 4 is 26.9 Å². The van der Waals surface area contributed by atoms with E-state index in [2.05, 4.69) is 14.6 Å². The molecule has 0 aliphatic carbocycles. The first-order chi connectivity index (χ1) is 17.3. The predicted octanol–water partition coefficient (Wildman–Crippen LogP) is 4.16. The van der Waals surface area contributed by atoms with E-state index in [1.54, 1.807) is 36.0 Å². The van der Waals surface area contributed by atoms with E-state index in [1.165, 1.54) is 19.2 Å². The lowest BCUT2D eigenvalue weighted by atomic mass is 10.0. The minimum atomic E-state index is -3.77. The molecule has 36 heavy (non-hydrogen) atoms. The van der Waals surface area contributed by atoms with Crippen LogP contribution in [0.2, 0.25) is 0 Å². The van der Waals surface area contributed by atoms with Crippen molar-refractivity contribution in [3.05, 3.63) is 90.4 Å². The summed E-state index contributed by atoms with van der Waals surface area (Å²) >= 11 is 0. The maximum absolute atomic E-state index is 13.3. The van der Waals surface area contributed by atoms with Crippen molar-refractivity contribution in [1.82, 2.24) is 14.5 Å². The lowest BCUT2D eigenvalue weighted by Gasteiger charge is -2.26. The minimum absolute atomic E-state index is 0.246. The van der Waals surface area contributed by atoms with Crippen molar-refractivity contribution < 1.29 is 27.1 Å². The summed E-state index contributed by atoms with van der Waals surface area (Å²) in [6, 6.07) is 20.1. The third-order valence-electron chi connectivity index (χ3n) is 5.62. The number of esters is 1. The molecule has 1 aromatic heterocycles. The molecular weight excluding hydrogens is 485 g/mol. The number of nitrogens with zero attached hydrogens (tertiary/aromatic N) is 2. The van der Waals surface area contributed by atoms with Crippen LogP contribution in [0.5, 0.6) is 5.75 Å². The number of sulfonamides is 1. The van der Waals surface area contributed by atoms with Gasteiger partial charge in [-0.25, -0.2) is 22.2 Å². The number of fused-ring (bicyclic) bond motifs is 1. The van der Waals surface area contributed by atoms with Crippen molar-refractivity contribution in [2.24, 2.45) is 0 Å². The Morgan fingerprint density at radius 3 is 2.50 bits per heavy atom. The number of methoxy groups -OCH3 is 1. The smallest absolute Gasteiger partial charge is 0.306 e. The summed E-state index contributed by atoms with van der Waals surface area (Å²) in [5, 5.41) is 5.21. The highest BCUT2D eigenvalue weighted by Gasteiger charge is 2.26. The van der Waals surface area contributed by atoms with Crippen LogP contribution in [0.25, 0.3) is 16.6 Å². The van der Waals surface area contributed by atoms with Crippen molar-refractivity contribution in [2.45, 2.75) is 25.5 Å². The van der Waals surface area contributed by atoms with Crippen LogP contribution in [-0.2, 0) is 19.6 Å². The Morgan fingerprint density at radius 1 is 1.08 bits per heavy atom. The second kappa shape index (κ2) is 10.9. The van der Waals surface area contributed by atoms with Gasteiger partial charge in [0, 0.05) is 5.39 Å². The van der Waals surface area contributed by atoms with Gasteiger partial charge < -0.3 is 9.47 Å². The molecule has 3 aromatic carbocycles. The lowest BCUT2D eigenvalue weighted by molar-refractivity contribution is -0.140. The van der Waals surface area contributed by atoms with Crippen LogP contribution in [0.3, 0.4) is 0 Å². The predicted molar refractivity (Wildman–Crippen MR) is 134 cm³/mol. The molecule has 0 unspecified atom stereocenters. The van der Waals surface area contributed by atoms with Gasteiger partial charge in [0.2, 0.25) is 10.0 Å². The molecule has 0 aliphatic heterocycles. The second-order valence-corrected chi connectivity index (χ2v) is 10.1. The van der Waals surface area contributed by atoms with E-state index in [9.17, 15) is 17.6 Å². The Morgan fingerprint density at radius 2 is 1.81 bits per heavy atom. The average molecular weight is 512 g/mol. The largest absolute Gasteiger partial charge is 0.484 e. The van der Waals surface area contributed by atoms with Gasteiger partial charge in [0.1, 0.15) is 17.7 Å². The highest BCUT2D eigenvalue weighted by atomic mass is 32.2. The maximum Gasteiger partial charge on any atom is 0.306 e. The molecule has 188 valence electrons. The van der Waals surface area contributed by atoms with E-state index in [0.717, 1.165) is 22.2 Å². The summed E-state index contributed by atoms with van der Waals surface area (Å²) in [7, 11) is -2.55. The van der Waals surface area contributed by atoms with E-state index >= 15 is 0 Å². The molecule has 0 aliphatic rings. The van der Waals surface area contributed by atoms with Crippen LogP contribution in [0.1, 0.15) is 25.0 Å².